The van der Waals surface area contributed by atoms with Crippen LogP contribution < -0.4 is 0 Å². The maximum Gasteiger partial charge on any atom is 0.0821 e. The first kappa shape index (κ1) is 8.09. The number of fused-ring (bicyclic) bond motifs is 1. The predicted octanol–water partition coefficient (Wildman–Crippen LogP) is 2.57. The maximum atomic E-state index is 9.72. The molecular weight excluding hydrogens is 172 g/mol. The van der Waals surface area contributed by atoms with Crippen molar-refractivity contribution in [3.63, 3.8) is 0 Å². The average Bonchev–Trinajstić information content (AvgIpc) is 2.32. The number of hydrogen-bond acceptors (Lipinski definition) is 1. The Morgan fingerprint density at radius 2 is 2.25 bits per heavy atom. The van der Waals surface area contributed by atoms with Crippen LogP contribution >= 0.6 is 11.6 Å². The second-order valence-electron chi connectivity index (χ2n) is 3.43. The Morgan fingerprint density at radius 3 is 2.92 bits per heavy atom. The molecule has 0 fully saturated rings. The van der Waals surface area contributed by atoms with Crippen molar-refractivity contribution in [2.24, 2.45) is 5.92 Å². The summed E-state index contributed by atoms with van der Waals surface area (Å²) in [5.41, 5.74) is 2.13. The molecule has 0 spiro atoms. The van der Waals surface area contributed by atoms with E-state index in [0.717, 1.165) is 22.6 Å². The van der Waals surface area contributed by atoms with Crippen LogP contribution in [0.5, 0.6) is 0 Å². The Kier molecular flexibility index (Phi) is 1.85. The van der Waals surface area contributed by atoms with E-state index >= 15 is 0 Å². The number of benzene rings is 1. The highest BCUT2D eigenvalue weighted by Gasteiger charge is 2.28. The smallest absolute Gasteiger partial charge is 0.0821 e. The molecule has 2 rings (SSSR count). The highest BCUT2D eigenvalue weighted by Crippen LogP contribution is 2.38. The molecule has 1 aromatic rings. The molecule has 1 aliphatic carbocycles. The highest BCUT2D eigenvalue weighted by atomic mass is 35.5. The minimum absolute atomic E-state index is 0.305. The van der Waals surface area contributed by atoms with Gasteiger partial charge in [-0.2, -0.15) is 0 Å². The van der Waals surface area contributed by atoms with Crippen LogP contribution in [-0.2, 0) is 6.42 Å². The first-order chi connectivity index (χ1) is 5.70. The summed E-state index contributed by atoms with van der Waals surface area (Å²) < 4.78 is 0. The monoisotopic (exact) mass is 182 g/mol. The summed E-state index contributed by atoms with van der Waals surface area (Å²) in [6.45, 7) is 2.04. The van der Waals surface area contributed by atoms with Crippen LogP contribution in [0.15, 0.2) is 18.2 Å². The molecule has 2 atom stereocenters. The van der Waals surface area contributed by atoms with E-state index in [1.54, 1.807) is 0 Å². The summed E-state index contributed by atoms with van der Waals surface area (Å²) in [7, 11) is 0. The molecular formula is C10H11ClO. The van der Waals surface area contributed by atoms with E-state index in [9.17, 15) is 5.11 Å². The van der Waals surface area contributed by atoms with Gasteiger partial charge in [0.1, 0.15) is 0 Å². The van der Waals surface area contributed by atoms with Crippen molar-refractivity contribution in [1.29, 1.82) is 0 Å². The molecule has 2 unspecified atom stereocenters. The molecule has 1 aliphatic rings. The quantitative estimate of drug-likeness (QED) is 0.654. The molecule has 0 heterocycles. The molecule has 0 saturated carbocycles. The highest BCUT2D eigenvalue weighted by molar-refractivity contribution is 6.31. The Bertz CT molecular complexity index is 309. The van der Waals surface area contributed by atoms with E-state index in [1.165, 1.54) is 0 Å². The average molecular weight is 183 g/mol. The number of rotatable bonds is 0. The van der Waals surface area contributed by atoms with Crippen LogP contribution in [0.2, 0.25) is 5.02 Å². The second-order valence-corrected chi connectivity index (χ2v) is 3.84. The Hall–Kier alpha value is -0.530. The zero-order valence-corrected chi connectivity index (χ0v) is 7.67. The molecule has 64 valence electrons. The Labute approximate surface area is 77.0 Å². The van der Waals surface area contributed by atoms with Crippen molar-refractivity contribution in [2.45, 2.75) is 19.4 Å². The molecule has 0 radical (unpaired) electrons. The van der Waals surface area contributed by atoms with E-state index in [2.05, 4.69) is 0 Å². The van der Waals surface area contributed by atoms with E-state index in [4.69, 9.17) is 11.6 Å². The minimum Gasteiger partial charge on any atom is -0.388 e. The predicted molar refractivity (Wildman–Crippen MR) is 49.3 cm³/mol. The summed E-state index contributed by atoms with van der Waals surface area (Å²) in [5.74, 6) is 0.305. The fourth-order valence-electron chi connectivity index (χ4n) is 1.81. The van der Waals surface area contributed by atoms with Gasteiger partial charge in [0.2, 0.25) is 0 Å². The fraction of sp³-hybridized carbons (Fsp3) is 0.400. The van der Waals surface area contributed by atoms with Crippen molar-refractivity contribution in [1.82, 2.24) is 0 Å². The number of aliphatic hydroxyl groups is 1. The van der Waals surface area contributed by atoms with E-state index in [0.29, 0.717) is 5.92 Å². The summed E-state index contributed by atoms with van der Waals surface area (Å²) in [6.07, 6.45) is 0.578. The third-order valence-corrected chi connectivity index (χ3v) is 2.89. The first-order valence-corrected chi connectivity index (χ1v) is 4.53. The third-order valence-electron chi connectivity index (χ3n) is 2.54. The van der Waals surface area contributed by atoms with Crippen LogP contribution in [0, 0.1) is 5.92 Å². The molecule has 0 aliphatic heterocycles. The maximum absolute atomic E-state index is 9.72. The van der Waals surface area contributed by atoms with E-state index in [-0.39, 0.29) is 6.10 Å². The summed E-state index contributed by atoms with van der Waals surface area (Å²) in [4.78, 5) is 0. The van der Waals surface area contributed by atoms with Crippen molar-refractivity contribution in [2.75, 3.05) is 0 Å². The standard InChI is InChI=1S/C10H11ClO/c1-6-5-8-7(10(6)12)3-2-4-9(8)11/h2-4,6,10,12H,5H2,1H3. The van der Waals surface area contributed by atoms with Gasteiger partial charge in [0.25, 0.3) is 0 Å². The number of halogens is 1. The van der Waals surface area contributed by atoms with Gasteiger partial charge in [0.15, 0.2) is 0 Å². The van der Waals surface area contributed by atoms with Gasteiger partial charge in [0, 0.05) is 5.02 Å². The van der Waals surface area contributed by atoms with Gasteiger partial charge in [-0.1, -0.05) is 30.7 Å². The lowest BCUT2D eigenvalue weighted by Gasteiger charge is -2.07. The molecule has 0 saturated heterocycles. The topological polar surface area (TPSA) is 20.2 Å². The van der Waals surface area contributed by atoms with Gasteiger partial charge in [0.05, 0.1) is 6.10 Å². The van der Waals surface area contributed by atoms with Crippen LogP contribution in [0.1, 0.15) is 24.2 Å². The van der Waals surface area contributed by atoms with Gasteiger partial charge >= 0.3 is 0 Å². The molecule has 1 N–H and O–H groups in total. The first-order valence-electron chi connectivity index (χ1n) is 4.15. The fourth-order valence-corrected chi connectivity index (χ4v) is 2.07. The largest absolute Gasteiger partial charge is 0.388 e. The van der Waals surface area contributed by atoms with Crippen molar-refractivity contribution >= 4 is 11.6 Å². The van der Waals surface area contributed by atoms with Crippen molar-refractivity contribution in [3.05, 3.63) is 34.3 Å². The van der Waals surface area contributed by atoms with Crippen molar-refractivity contribution < 1.29 is 5.11 Å². The zero-order valence-electron chi connectivity index (χ0n) is 6.92. The van der Waals surface area contributed by atoms with Crippen LogP contribution in [0.3, 0.4) is 0 Å². The lowest BCUT2D eigenvalue weighted by atomic mass is 10.1. The number of hydrogen-bond donors (Lipinski definition) is 1. The normalized spacial score (nSPS) is 27.2. The summed E-state index contributed by atoms with van der Waals surface area (Å²) in [5, 5.41) is 10.5. The van der Waals surface area contributed by atoms with Gasteiger partial charge in [-0.15, -0.1) is 0 Å². The van der Waals surface area contributed by atoms with Gasteiger partial charge in [-0.3, -0.25) is 0 Å². The molecule has 0 aromatic heterocycles. The van der Waals surface area contributed by atoms with Crippen LogP contribution in [0.25, 0.3) is 0 Å². The van der Waals surface area contributed by atoms with Crippen LogP contribution in [0.4, 0.5) is 0 Å². The molecule has 1 aromatic carbocycles. The number of aliphatic hydroxyl groups excluding tert-OH is 1. The Balaban J connectivity index is 2.53. The SMILES string of the molecule is CC1Cc2c(Cl)cccc2C1O. The zero-order chi connectivity index (χ0) is 8.72. The second kappa shape index (κ2) is 2.75. The minimum atomic E-state index is -0.321. The lowest BCUT2D eigenvalue weighted by Crippen LogP contribution is -2.00. The molecule has 0 bridgehead atoms. The van der Waals surface area contributed by atoms with Crippen molar-refractivity contribution in [3.8, 4) is 0 Å². The molecule has 2 heteroatoms. The summed E-state index contributed by atoms with van der Waals surface area (Å²) in [6, 6.07) is 5.73. The van der Waals surface area contributed by atoms with Gasteiger partial charge in [-0.05, 0) is 29.5 Å². The van der Waals surface area contributed by atoms with Gasteiger partial charge in [-0.25, -0.2) is 0 Å². The van der Waals surface area contributed by atoms with Gasteiger partial charge < -0.3 is 5.11 Å². The molecule has 12 heavy (non-hydrogen) atoms. The van der Waals surface area contributed by atoms with E-state index in [1.807, 2.05) is 25.1 Å². The lowest BCUT2D eigenvalue weighted by molar-refractivity contribution is 0.133. The Morgan fingerprint density at radius 1 is 1.50 bits per heavy atom. The van der Waals surface area contributed by atoms with Crippen LogP contribution in [-0.4, -0.2) is 5.11 Å². The summed E-state index contributed by atoms with van der Waals surface area (Å²) >= 11 is 5.99. The molecule has 0 amide bonds. The van der Waals surface area contributed by atoms with E-state index < -0.39 is 0 Å². The molecule has 1 nitrogen and oxygen atoms in total. The third kappa shape index (κ3) is 1.05.